The number of fused-ring (bicyclic) bond motifs is 1. The maximum atomic E-state index is 12.7. The fraction of sp³-hybridized carbons (Fsp3) is 0.211. The van der Waals surface area contributed by atoms with Crippen LogP contribution in [0.25, 0.3) is 10.2 Å². The minimum absolute atomic E-state index is 0.0877. The second-order valence-corrected chi connectivity index (χ2v) is 6.90. The molecular weight excluding hydrogens is 388 g/mol. The molecule has 0 aliphatic rings. The predicted molar refractivity (Wildman–Crippen MR) is 104 cm³/mol. The number of hydrogen-bond donors (Lipinski definition) is 0. The van der Waals surface area contributed by atoms with Gasteiger partial charge in [0.05, 0.1) is 34.5 Å². The second-order valence-electron chi connectivity index (χ2n) is 5.48. The molecule has 1 aromatic heterocycles. The zero-order valence-corrected chi connectivity index (χ0v) is 16.3. The average Bonchev–Trinajstić information content (AvgIpc) is 3.00. The van der Waals surface area contributed by atoms with Crippen molar-refractivity contribution in [3.05, 3.63) is 57.9 Å². The van der Waals surface area contributed by atoms with Crippen molar-refractivity contribution in [1.82, 2.24) is 4.57 Å². The van der Waals surface area contributed by atoms with Crippen LogP contribution in [0.3, 0.4) is 0 Å². The molecule has 1 heterocycles. The molecule has 2 aromatic carbocycles. The van der Waals surface area contributed by atoms with Crippen LogP contribution >= 0.6 is 22.9 Å². The van der Waals surface area contributed by atoms with Crippen molar-refractivity contribution >= 4 is 45.0 Å². The number of hydrogen-bond acceptors (Lipinski definition) is 5. The molecule has 140 valence electrons. The average molecular weight is 405 g/mol. The molecule has 0 unspecified atom stereocenters. The first-order valence-corrected chi connectivity index (χ1v) is 9.40. The van der Waals surface area contributed by atoms with E-state index in [2.05, 4.69) is 4.99 Å². The third-order valence-electron chi connectivity index (χ3n) is 3.78. The monoisotopic (exact) mass is 404 g/mol. The van der Waals surface area contributed by atoms with Crippen LogP contribution in [-0.2, 0) is 16.1 Å². The number of rotatable bonds is 5. The van der Waals surface area contributed by atoms with Crippen molar-refractivity contribution in [2.75, 3.05) is 13.7 Å². The van der Waals surface area contributed by atoms with Crippen LogP contribution in [0.5, 0.6) is 5.75 Å². The lowest BCUT2D eigenvalue weighted by molar-refractivity contribution is -0.143. The van der Waals surface area contributed by atoms with Gasteiger partial charge in [0, 0.05) is 0 Å². The van der Waals surface area contributed by atoms with Crippen molar-refractivity contribution in [3.8, 4) is 5.75 Å². The topological polar surface area (TPSA) is 69.9 Å². The Hall–Kier alpha value is -2.64. The molecular formula is C19H17ClN2O4S. The SMILES string of the molecule is CCOC(=O)Cn1c(=NC(=O)c2ccccc2OC)sc2cccc(Cl)c21. The summed E-state index contributed by atoms with van der Waals surface area (Å²) in [5.74, 6) is -0.460. The van der Waals surface area contributed by atoms with Crippen LogP contribution in [0.1, 0.15) is 17.3 Å². The summed E-state index contributed by atoms with van der Waals surface area (Å²) < 4.78 is 12.7. The molecule has 8 heteroatoms. The molecule has 0 radical (unpaired) electrons. The molecule has 0 N–H and O–H groups in total. The highest BCUT2D eigenvalue weighted by Gasteiger charge is 2.16. The molecule has 0 fully saturated rings. The fourth-order valence-electron chi connectivity index (χ4n) is 2.62. The number of para-hydroxylation sites is 2. The summed E-state index contributed by atoms with van der Waals surface area (Å²) in [4.78, 5) is 29.4. The van der Waals surface area contributed by atoms with E-state index in [0.29, 0.717) is 26.7 Å². The number of aromatic nitrogens is 1. The van der Waals surface area contributed by atoms with Gasteiger partial charge in [-0.2, -0.15) is 4.99 Å². The van der Waals surface area contributed by atoms with Gasteiger partial charge in [-0.25, -0.2) is 0 Å². The Morgan fingerprint density at radius 2 is 1.96 bits per heavy atom. The molecule has 0 saturated heterocycles. The summed E-state index contributed by atoms with van der Waals surface area (Å²) in [6.45, 7) is 1.91. The van der Waals surface area contributed by atoms with E-state index in [0.717, 1.165) is 4.70 Å². The Kier molecular flexibility index (Phi) is 5.93. The number of carbonyl (C=O) groups excluding carboxylic acids is 2. The lowest BCUT2D eigenvalue weighted by atomic mass is 10.2. The highest BCUT2D eigenvalue weighted by Crippen LogP contribution is 2.25. The smallest absolute Gasteiger partial charge is 0.326 e. The number of nitrogens with zero attached hydrogens (tertiary/aromatic N) is 2. The molecule has 3 rings (SSSR count). The Bertz CT molecular complexity index is 1070. The zero-order chi connectivity index (χ0) is 19.4. The van der Waals surface area contributed by atoms with Crippen LogP contribution in [0.2, 0.25) is 5.02 Å². The van der Waals surface area contributed by atoms with Crippen LogP contribution in [0.15, 0.2) is 47.5 Å². The number of methoxy groups -OCH3 is 1. The van der Waals surface area contributed by atoms with Crippen molar-refractivity contribution in [3.63, 3.8) is 0 Å². The number of ether oxygens (including phenoxy) is 2. The first kappa shape index (κ1) is 19.1. The predicted octanol–water partition coefficient (Wildman–Crippen LogP) is 3.67. The Morgan fingerprint density at radius 3 is 2.70 bits per heavy atom. The Labute approximate surface area is 164 Å². The Balaban J connectivity index is 2.15. The third kappa shape index (κ3) is 4.04. The molecule has 0 spiro atoms. The van der Waals surface area contributed by atoms with Gasteiger partial charge in [-0.15, -0.1) is 0 Å². The number of thiazole rings is 1. The molecule has 3 aromatic rings. The van der Waals surface area contributed by atoms with Crippen LogP contribution < -0.4 is 9.54 Å². The lowest BCUT2D eigenvalue weighted by Gasteiger charge is -2.06. The van der Waals surface area contributed by atoms with E-state index in [1.54, 1.807) is 41.8 Å². The molecule has 6 nitrogen and oxygen atoms in total. The first-order valence-electron chi connectivity index (χ1n) is 8.20. The molecule has 0 saturated carbocycles. The minimum atomic E-state index is -0.465. The van der Waals surface area contributed by atoms with Gasteiger partial charge in [-0.1, -0.05) is 41.1 Å². The van der Waals surface area contributed by atoms with E-state index in [4.69, 9.17) is 21.1 Å². The number of esters is 1. The summed E-state index contributed by atoms with van der Waals surface area (Å²) in [6, 6.07) is 12.2. The highest BCUT2D eigenvalue weighted by molar-refractivity contribution is 7.16. The first-order chi connectivity index (χ1) is 13.0. The largest absolute Gasteiger partial charge is 0.496 e. The van der Waals surface area contributed by atoms with Gasteiger partial charge in [-0.3, -0.25) is 9.59 Å². The normalized spacial score (nSPS) is 11.6. The van der Waals surface area contributed by atoms with E-state index < -0.39 is 11.9 Å². The summed E-state index contributed by atoms with van der Waals surface area (Å²) >= 11 is 7.60. The van der Waals surface area contributed by atoms with Gasteiger partial charge >= 0.3 is 5.97 Å². The van der Waals surface area contributed by atoms with Crippen LogP contribution in [-0.4, -0.2) is 30.2 Å². The second kappa shape index (κ2) is 8.37. The Morgan fingerprint density at radius 1 is 1.19 bits per heavy atom. The lowest BCUT2D eigenvalue weighted by Crippen LogP contribution is -2.23. The maximum Gasteiger partial charge on any atom is 0.326 e. The molecule has 0 aliphatic carbocycles. The van der Waals surface area contributed by atoms with Crippen molar-refractivity contribution in [2.24, 2.45) is 4.99 Å². The standard InChI is InChI=1S/C19H17ClN2O4S/c1-3-26-16(23)11-22-17-13(20)8-6-10-15(17)27-19(22)21-18(24)12-7-4-5-9-14(12)25-2/h4-10H,3,11H2,1-2H3. The summed E-state index contributed by atoms with van der Waals surface area (Å²) in [5, 5.41) is 0.472. The number of benzene rings is 2. The third-order valence-corrected chi connectivity index (χ3v) is 5.13. The van der Waals surface area contributed by atoms with Gasteiger partial charge in [0.1, 0.15) is 12.3 Å². The molecule has 27 heavy (non-hydrogen) atoms. The van der Waals surface area contributed by atoms with Gasteiger partial charge < -0.3 is 14.0 Å². The quantitative estimate of drug-likeness (QED) is 0.608. The van der Waals surface area contributed by atoms with Gasteiger partial charge in [0.25, 0.3) is 5.91 Å². The molecule has 0 aliphatic heterocycles. The van der Waals surface area contributed by atoms with E-state index >= 15 is 0 Å². The summed E-state index contributed by atoms with van der Waals surface area (Å²) in [7, 11) is 1.49. The van der Waals surface area contributed by atoms with E-state index in [1.807, 2.05) is 12.1 Å². The zero-order valence-electron chi connectivity index (χ0n) is 14.8. The van der Waals surface area contributed by atoms with E-state index in [-0.39, 0.29) is 13.2 Å². The van der Waals surface area contributed by atoms with Gasteiger partial charge in [0.2, 0.25) is 0 Å². The van der Waals surface area contributed by atoms with Crippen LogP contribution in [0.4, 0.5) is 0 Å². The minimum Gasteiger partial charge on any atom is -0.496 e. The van der Waals surface area contributed by atoms with Gasteiger partial charge in [-0.05, 0) is 31.2 Å². The summed E-state index contributed by atoms with van der Waals surface area (Å²) in [5.41, 5.74) is 0.982. The molecule has 0 atom stereocenters. The van der Waals surface area contributed by atoms with Crippen molar-refractivity contribution < 1.29 is 19.1 Å². The van der Waals surface area contributed by atoms with E-state index in [1.165, 1.54) is 18.4 Å². The van der Waals surface area contributed by atoms with Crippen molar-refractivity contribution in [2.45, 2.75) is 13.5 Å². The van der Waals surface area contributed by atoms with Gasteiger partial charge in [0.15, 0.2) is 4.80 Å². The number of carbonyl (C=O) groups is 2. The highest BCUT2D eigenvalue weighted by atomic mass is 35.5. The summed E-state index contributed by atoms with van der Waals surface area (Å²) in [6.07, 6.45) is 0. The van der Waals surface area contributed by atoms with E-state index in [9.17, 15) is 9.59 Å². The number of amides is 1. The maximum absolute atomic E-state index is 12.7. The fourth-order valence-corrected chi connectivity index (χ4v) is 4.01. The molecule has 1 amide bonds. The molecule has 0 bridgehead atoms. The van der Waals surface area contributed by atoms with Crippen LogP contribution in [0, 0.1) is 0 Å². The van der Waals surface area contributed by atoms with Crippen molar-refractivity contribution in [1.29, 1.82) is 0 Å². The number of halogens is 1.